The Morgan fingerprint density at radius 2 is 1.43 bits per heavy atom. The number of rotatable bonds is 12. The van der Waals surface area contributed by atoms with Crippen LogP contribution in [0, 0.1) is 11.3 Å². The van der Waals surface area contributed by atoms with Crippen molar-refractivity contribution in [3.05, 3.63) is 35.9 Å². The van der Waals surface area contributed by atoms with Gasteiger partial charge in [0.25, 0.3) is 5.91 Å². The summed E-state index contributed by atoms with van der Waals surface area (Å²) in [4.78, 5) is 91.6. The Kier molecular flexibility index (Phi) is 21.4. The molecule has 1 saturated heterocycles. The lowest BCUT2D eigenvalue weighted by molar-refractivity contribution is -0.142. The Bertz CT molecular complexity index is 1380. The smallest absolute Gasteiger partial charge is 0.408 e. The summed E-state index contributed by atoms with van der Waals surface area (Å²) in [6, 6.07) is 6.33. The second-order valence-corrected chi connectivity index (χ2v) is 15.5. The van der Waals surface area contributed by atoms with E-state index in [9.17, 15) is 33.6 Å². The molecule has 1 aliphatic carbocycles. The van der Waals surface area contributed by atoms with Crippen molar-refractivity contribution in [3.8, 4) is 0 Å². The Balaban J connectivity index is 0.00000318. The van der Waals surface area contributed by atoms with Crippen LogP contribution in [0.3, 0.4) is 0 Å². The number of carbonyl (C=O) groups is 7. The van der Waals surface area contributed by atoms with Crippen molar-refractivity contribution in [2.75, 3.05) is 33.7 Å². The monoisotopic (exact) mass is 761 g/mol. The Morgan fingerprint density at radius 1 is 0.852 bits per heavy atom. The quantitative estimate of drug-likeness (QED) is 0.224. The van der Waals surface area contributed by atoms with Crippen LogP contribution in [0.2, 0.25) is 0 Å². The maximum absolute atomic E-state index is 13.5. The van der Waals surface area contributed by atoms with Gasteiger partial charge in [0, 0.05) is 20.6 Å². The van der Waals surface area contributed by atoms with Crippen LogP contribution >= 0.6 is 0 Å². The number of likely N-dealkylation sites (tertiary alicyclic amines) is 1. The van der Waals surface area contributed by atoms with Gasteiger partial charge in [-0.1, -0.05) is 98.6 Å². The molecule has 3 atom stereocenters. The summed E-state index contributed by atoms with van der Waals surface area (Å²) in [7, 11) is 3.21. The topological polar surface area (TPSA) is 183 Å². The van der Waals surface area contributed by atoms with Crippen LogP contribution in [0.15, 0.2) is 30.3 Å². The zero-order chi connectivity index (χ0) is 40.5. The average Bonchev–Trinajstić information content (AvgIpc) is 3.57. The molecule has 1 heterocycles. The van der Waals surface area contributed by atoms with Crippen LogP contribution in [0.5, 0.6) is 0 Å². The molecular weight excluding hydrogens is 692 g/mol. The lowest BCUT2D eigenvalue weighted by atomic mass is 9.85. The summed E-state index contributed by atoms with van der Waals surface area (Å²) >= 11 is 0. The molecule has 1 aromatic carbocycles. The second-order valence-electron chi connectivity index (χ2n) is 15.5. The zero-order valence-electron chi connectivity index (χ0n) is 33.7. The van der Waals surface area contributed by atoms with Crippen molar-refractivity contribution < 1.29 is 38.3 Å². The van der Waals surface area contributed by atoms with Crippen molar-refractivity contribution in [3.63, 3.8) is 0 Å². The number of hydrogen-bond donors (Lipinski definition) is 4. The molecular formula is C40H68N6O8. The molecule has 0 radical (unpaired) electrons. The summed E-state index contributed by atoms with van der Waals surface area (Å²) in [6.45, 7) is 15.9. The van der Waals surface area contributed by atoms with Gasteiger partial charge in [-0.15, -0.1) is 0 Å². The molecule has 3 rings (SSSR count). The highest BCUT2D eigenvalue weighted by molar-refractivity contribution is 6.37. The summed E-state index contributed by atoms with van der Waals surface area (Å²) < 4.78 is 5.32. The highest BCUT2D eigenvalue weighted by atomic mass is 16.6. The van der Waals surface area contributed by atoms with Crippen molar-refractivity contribution in [1.82, 2.24) is 31.1 Å². The predicted octanol–water partition coefficient (Wildman–Crippen LogP) is 4.52. The molecule has 14 heteroatoms. The predicted molar refractivity (Wildman–Crippen MR) is 210 cm³/mol. The maximum atomic E-state index is 13.5. The first-order valence-electron chi connectivity index (χ1n) is 18.6. The van der Waals surface area contributed by atoms with Crippen molar-refractivity contribution in [2.24, 2.45) is 11.3 Å². The fraction of sp³-hybridized carbons (Fsp3) is 0.675. The number of carbonyl (C=O) groups excluding carboxylic acids is 7. The van der Waals surface area contributed by atoms with Crippen LogP contribution < -0.4 is 21.3 Å². The number of benzene rings is 1. The molecule has 14 nitrogen and oxygen atoms in total. The van der Waals surface area contributed by atoms with E-state index >= 15 is 0 Å². The van der Waals surface area contributed by atoms with E-state index < -0.39 is 77.7 Å². The van der Waals surface area contributed by atoms with E-state index in [1.807, 2.05) is 13.8 Å². The van der Waals surface area contributed by atoms with Gasteiger partial charge in [-0.2, -0.15) is 0 Å². The normalized spacial score (nSPS) is 16.1. The van der Waals surface area contributed by atoms with Crippen LogP contribution in [-0.4, -0.2) is 103 Å². The third kappa shape index (κ3) is 17.6. The molecule has 2 fully saturated rings. The number of Topliss-reactive ketones (excluding diaryl/α,β-unsaturated/α-hetero) is 1. The van der Waals surface area contributed by atoms with E-state index in [4.69, 9.17) is 4.74 Å². The van der Waals surface area contributed by atoms with Gasteiger partial charge in [0.15, 0.2) is 0 Å². The molecule has 2 aliphatic rings. The molecule has 1 aromatic rings. The van der Waals surface area contributed by atoms with Gasteiger partial charge in [-0.05, 0) is 50.5 Å². The minimum atomic E-state index is -1.08. The largest absolute Gasteiger partial charge is 0.444 e. The fourth-order valence-electron chi connectivity index (χ4n) is 5.32. The molecule has 0 aromatic heterocycles. The third-order valence-corrected chi connectivity index (χ3v) is 8.51. The van der Waals surface area contributed by atoms with E-state index in [-0.39, 0.29) is 26.3 Å². The highest BCUT2D eigenvalue weighted by Gasteiger charge is 2.42. The summed E-state index contributed by atoms with van der Waals surface area (Å²) in [6.07, 6.45) is 4.56. The minimum absolute atomic E-state index is 0. The van der Waals surface area contributed by atoms with Gasteiger partial charge in [0.1, 0.15) is 17.7 Å². The molecule has 306 valence electrons. The Morgan fingerprint density at radius 3 is 1.91 bits per heavy atom. The van der Waals surface area contributed by atoms with Gasteiger partial charge >= 0.3 is 6.09 Å². The molecule has 1 aliphatic heterocycles. The van der Waals surface area contributed by atoms with Crippen LogP contribution in [0.4, 0.5) is 4.79 Å². The number of nitrogens with zero attached hydrogens (tertiary/aromatic N) is 2. The number of hydrogen-bond acceptors (Lipinski definition) is 8. The lowest BCUT2D eigenvalue weighted by Crippen LogP contribution is -2.58. The number of ether oxygens (including phenoxy) is 1. The van der Waals surface area contributed by atoms with Gasteiger partial charge in [-0.25, -0.2) is 4.79 Å². The van der Waals surface area contributed by atoms with Gasteiger partial charge in [0.05, 0.1) is 25.6 Å². The van der Waals surface area contributed by atoms with Crippen LogP contribution in [0.25, 0.3) is 0 Å². The maximum Gasteiger partial charge on any atom is 0.408 e. The molecule has 4 N–H and O–H groups in total. The van der Waals surface area contributed by atoms with E-state index in [0.29, 0.717) is 18.4 Å². The number of alkyl carbamates (subject to hydrolysis) is 1. The van der Waals surface area contributed by atoms with Crippen molar-refractivity contribution in [2.45, 2.75) is 132 Å². The number of nitrogens with one attached hydrogen (secondary N) is 4. The minimum Gasteiger partial charge on any atom is -0.444 e. The van der Waals surface area contributed by atoms with E-state index in [0.717, 1.165) is 5.92 Å². The summed E-state index contributed by atoms with van der Waals surface area (Å²) in [5.41, 5.74) is -0.781. The standard InChI is InChI=1S/C32H48N6O8.C5H10.C2H6.CH4/c1-31(2,3)26(36-30(45)46-32(4,5)6)29(44)38-16-12-15-22(38)27(42)33-18-23(39)28(43)34-19-24(40)35-21(17-25(41)37(7)8)20-13-10-9-11-14-20;1-5-3-2-4-5;1-2;/h9-11,13-14,21-22,26H,12,15-19H2,1-8H3,(H,33,42)(H,34,43)(H,35,40)(H,36,45);5H,2-4H2,1H3;1-2H3;1H4. The van der Waals surface area contributed by atoms with Gasteiger partial charge in [-0.3, -0.25) is 28.8 Å². The second kappa shape index (κ2) is 23.3. The molecule has 1 saturated carbocycles. The van der Waals surface area contributed by atoms with E-state index in [1.54, 1.807) is 86.0 Å². The first-order chi connectivity index (χ1) is 24.7. The number of ketones is 1. The fourth-order valence-corrected chi connectivity index (χ4v) is 5.32. The summed E-state index contributed by atoms with van der Waals surface area (Å²) in [5, 5.41) is 9.99. The van der Waals surface area contributed by atoms with Gasteiger partial charge in [0.2, 0.25) is 29.4 Å². The SMILES string of the molecule is C.CC.CC1CCC1.CN(C)C(=O)CC(NC(=O)CNC(=O)C(=O)CNC(=O)C1CCCN1C(=O)C(NC(=O)OC(C)(C)C)C(C)(C)C)c1ccccc1. The highest BCUT2D eigenvalue weighted by Crippen LogP contribution is 2.27. The van der Waals surface area contributed by atoms with Gasteiger partial charge < -0.3 is 35.8 Å². The summed E-state index contributed by atoms with van der Waals surface area (Å²) in [5.74, 6) is -2.91. The average molecular weight is 761 g/mol. The van der Waals surface area contributed by atoms with Crippen molar-refractivity contribution >= 4 is 41.4 Å². The zero-order valence-corrected chi connectivity index (χ0v) is 33.7. The van der Waals surface area contributed by atoms with E-state index in [2.05, 4.69) is 28.2 Å². The molecule has 54 heavy (non-hydrogen) atoms. The molecule has 3 unspecified atom stereocenters. The Hall–Kier alpha value is -4.49. The molecule has 6 amide bonds. The number of amides is 6. The first-order valence-corrected chi connectivity index (χ1v) is 18.6. The third-order valence-electron chi connectivity index (χ3n) is 8.51. The molecule has 0 spiro atoms. The lowest BCUT2D eigenvalue weighted by Gasteiger charge is -2.35. The first kappa shape index (κ1) is 49.5. The Labute approximate surface area is 323 Å². The van der Waals surface area contributed by atoms with E-state index in [1.165, 1.54) is 29.1 Å². The van der Waals surface area contributed by atoms with Crippen molar-refractivity contribution in [1.29, 1.82) is 0 Å². The van der Waals surface area contributed by atoms with Crippen LogP contribution in [-0.2, 0) is 33.5 Å². The van der Waals surface area contributed by atoms with Crippen LogP contribution in [0.1, 0.15) is 120 Å². The molecule has 0 bridgehead atoms.